The molecule has 16 heavy (non-hydrogen) atoms. The SMILES string of the molecule is CC1CCC(CC(C(=O)O)C2CCCC2)O1. The fourth-order valence-electron chi connectivity index (χ4n) is 3.20. The molecule has 0 aromatic carbocycles. The first kappa shape index (κ1) is 11.9. The van der Waals surface area contributed by atoms with Crippen molar-refractivity contribution in [3.05, 3.63) is 0 Å². The molecule has 3 heteroatoms. The zero-order valence-corrected chi connectivity index (χ0v) is 10.0. The molecule has 1 aliphatic heterocycles. The van der Waals surface area contributed by atoms with Crippen LogP contribution in [0.5, 0.6) is 0 Å². The van der Waals surface area contributed by atoms with E-state index < -0.39 is 5.97 Å². The Morgan fingerprint density at radius 1 is 1.31 bits per heavy atom. The number of carboxylic acid groups (broad SMARTS) is 1. The molecule has 3 nitrogen and oxygen atoms in total. The average molecular weight is 226 g/mol. The molecule has 0 radical (unpaired) electrons. The smallest absolute Gasteiger partial charge is 0.306 e. The van der Waals surface area contributed by atoms with Crippen molar-refractivity contribution in [1.29, 1.82) is 0 Å². The van der Waals surface area contributed by atoms with E-state index >= 15 is 0 Å². The average Bonchev–Trinajstić information content (AvgIpc) is 2.84. The van der Waals surface area contributed by atoms with Crippen molar-refractivity contribution in [2.24, 2.45) is 11.8 Å². The number of aliphatic carboxylic acids is 1. The molecule has 2 aliphatic rings. The lowest BCUT2D eigenvalue weighted by atomic mass is 9.86. The van der Waals surface area contributed by atoms with Gasteiger partial charge in [-0.1, -0.05) is 12.8 Å². The van der Waals surface area contributed by atoms with Crippen molar-refractivity contribution in [3.63, 3.8) is 0 Å². The van der Waals surface area contributed by atoms with Crippen molar-refractivity contribution in [2.75, 3.05) is 0 Å². The van der Waals surface area contributed by atoms with Crippen LogP contribution < -0.4 is 0 Å². The number of ether oxygens (including phenoxy) is 1. The van der Waals surface area contributed by atoms with E-state index in [4.69, 9.17) is 4.74 Å². The molecule has 0 amide bonds. The van der Waals surface area contributed by atoms with Crippen LogP contribution in [0.3, 0.4) is 0 Å². The fraction of sp³-hybridized carbons (Fsp3) is 0.923. The predicted octanol–water partition coefficient (Wildman–Crippen LogP) is 2.84. The third kappa shape index (κ3) is 2.76. The van der Waals surface area contributed by atoms with Gasteiger partial charge in [-0.3, -0.25) is 4.79 Å². The van der Waals surface area contributed by atoms with Gasteiger partial charge in [0.1, 0.15) is 0 Å². The van der Waals surface area contributed by atoms with Gasteiger partial charge >= 0.3 is 5.97 Å². The second kappa shape index (κ2) is 5.17. The van der Waals surface area contributed by atoms with Crippen LogP contribution in [0.4, 0.5) is 0 Å². The number of rotatable bonds is 4. The highest BCUT2D eigenvalue weighted by Gasteiger charge is 2.34. The second-order valence-electron chi connectivity index (χ2n) is 5.37. The highest BCUT2D eigenvalue weighted by atomic mass is 16.5. The van der Waals surface area contributed by atoms with Crippen molar-refractivity contribution in [1.82, 2.24) is 0 Å². The summed E-state index contributed by atoms with van der Waals surface area (Å²) < 4.78 is 5.74. The number of carbonyl (C=O) groups is 1. The van der Waals surface area contributed by atoms with E-state index in [1.807, 2.05) is 0 Å². The molecule has 0 aromatic heterocycles. The minimum atomic E-state index is -0.616. The highest BCUT2D eigenvalue weighted by molar-refractivity contribution is 5.70. The molecule has 2 fully saturated rings. The van der Waals surface area contributed by atoms with E-state index in [1.54, 1.807) is 0 Å². The molecule has 1 saturated heterocycles. The maximum absolute atomic E-state index is 11.3. The van der Waals surface area contributed by atoms with E-state index in [9.17, 15) is 9.90 Å². The third-order valence-corrected chi connectivity index (χ3v) is 4.12. The zero-order valence-electron chi connectivity index (χ0n) is 10.0. The summed E-state index contributed by atoms with van der Waals surface area (Å²) in [6.45, 7) is 2.07. The Labute approximate surface area is 97.2 Å². The Balaban J connectivity index is 1.89. The fourth-order valence-corrected chi connectivity index (χ4v) is 3.20. The molecule has 92 valence electrons. The molecule has 2 rings (SSSR count). The highest BCUT2D eigenvalue weighted by Crippen LogP contribution is 2.36. The van der Waals surface area contributed by atoms with Crippen LogP contribution in [0.15, 0.2) is 0 Å². The van der Waals surface area contributed by atoms with Gasteiger partial charge in [-0.05, 0) is 44.9 Å². The molecule has 3 unspecified atom stereocenters. The van der Waals surface area contributed by atoms with Crippen LogP contribution in [0.2, 0.25) is 0 Å². The Kier molecular flexibility index (Phi) is 3.85. The van der Waals surface area contributed by atoms with Crippen molar-refractivity contribution in [3.8, 4) is 0 Å². The van der Waals surface area contributed by atoms with Crippen LogP contribution in [0, 0.1) is 11.8 Å². The van der Waals surface area contributed by atoms with E-state index in [0.717, 1.165) is 32.1 Å². The monoisotopic (exact) mass is 226 g/mol. The standard InChI is InChI=1S/C13H22O3/c1-9-6-7-11(16-9)8-12(13(14)15)10-4-2-3-5-10/h9-12H,2-8H2,1H3,(H,14,15). The van der Waals surface area contributed by atoms with E-state index in [1.165, 1.54) is 12.8 Å². The van der Waals surface area contributed by atoms with Gasteiger partial charge in [0.15, 0.2) is 0 Å². The Hall–Kier alpha value is -0.570. The quantitative estimate of drug-likeness (QED) is 0.801. The summed E-state index contributed by atoms with van der Waals surface area (Å²) in [5.74, 6) is -0.384. The summed E-state index contributed by atoms with van der Waals surface area (Å²) >= 11 is 0. The first-order chi connectivity index (χ1) is 7.66. The third-order valence-electron chi connectivity index (χ3n) is 4.12. The lowest BCUT2D eigenvalue weighted by Crippen LogP contribution is -2.26. The van der Waals surface area contributed by atoms with Gasteiger partial charge in [-0.2, -0.15) is 0 Å². The van der Waals surface area contributed by atoms with Gasteiger partial charge in [0, 0.05) is 0 Å². The largest absolute Gasteiger partial charge is 0.481 e. The summed E-state index contributed by atoms with van der Waals surface area (Å²) in [7, 11) is 0. The molecule has 1 aliphatic carbocycles. The van der Waals surface area contributed by atoms with Crippen LogP contribution in [0.1, 0.15) is 51.9 Å². The van der Waals surface area contributed by atoms with Crippen LogP contribution in [0.25, 0.3) is 0 Å². The van der Waals surface area contributed by atoms with Crippen molar-refractivity contribution >= 4 is 5.97 Å². The number of carboxylic acids is 1. The lowest BCUT2D eigenvalue weighted by Gasteiger charge is -2.22. The number of hydrogen-bond donors (Lipinski definition) is 1. The van der Waals surface area contributed by atoms with E-state index in [-0.39, 0.29) is 12.0 Å². The first-order valence-electron chi connectivity index (χ1n) is 6.55. The van der Waals surface area contributed by atoms with Crippen LogP contribution >= 0.6 is 0 Å². The molecule has 1 heterocycles. The maximum atomic E-state index is 11.3. The van der Waals surface area contributed by atoms with Gasteiger partial charge in [0.05, 0.1) is 18.1 Å². The van der Waals surface area contributed by atoms with E-state index in [0.29, 0.717) is 12.0 Å². The Morgan fingerprint density at radius 2 is 2.00 bits per heavy atom. The predicted molar refractivity (Wildman–Crippen MR) is 61.3 cm³/mol. The topological polar surface area (TPSA) is 46.5 Å². The minimum absolute atomic E-state index is 0.169. The molecular formula is C13H22O3. The van der Waals surface area contributed by atoms with Gasteiger partial charge < -0.3 is 9.84 Å². The molecule has 0 spiro atoms. The summed E-state index contributed by atoms with van der Waals surface area (Å²) in [5.41, 5.74) is 0. The maximum Gasteiger partial charge on any atom is 0.306 e. The zero-order chi connectivity index (χ0) is 11.5. The summed E-state index contributed by atoms with van der Waals surface area (Å²) in [6, 6.07) is 0. The molecule has 0 aromatic rings. The number of hydrogen-bond acceptors (Lipinski definition) is 2. The summed E-state index contributed by atoms with van der Waals surface area (Å²) in [5, 5.41) is 9.30. The van der Waals surface area contributed by atoms with Gasteiger partial charge in [0.2, 0.25) is 0 Å². The van der Waals surface area contributed by atoms with Crippen LogP contribution in [-0.4, -0.2) is 23.3 Å². The van der Waals surface area contributed by atoms with Crippen LogP contribution in [-0.2, 0) is 9.53 Å². The van der Waals surface area contributed by atoms with Crippen molar-refractivity contribution < 1.29 is 14.6 Å². The summed E-state index contributed by atoms with van der Waals surface area (Å²) in [6.07, 6.45) is 7.97. The molecule has 1 N–H and O–H groups in total. The normalized spacial score (nSPS) is 33.1. The molecular weight excluding hydrogens is 204 g/mol. The first-order valence-corrected chi connectivity index (χ1v) is 6.55. The summed E-state index contributed by atoms with van der Waals surface area (Å²) in [4.78, 5) is 11.3. The molecule has 1 saturated carbocycles. The Bertz CT molecular complexity index is 246. The Morgan fingerprint density at radius 3 is 2.50 bits per heavy atom. The van der Waals surface area contributed by atoms with Crippen molar-refractivity contribution in [2.45, 2.75) is 64.1 Å². The molecule has 0 bridgehead atoms. The van der Waals surface area contributed by atoms with Gasteiger partial charge in [-0.25, -0.2) is 0 Å². The molecule has 3 atom stereocenters. The lowest BCUT2D eigenvalue weighted by molar-refractivity contribution is -0.145. The second-order valence-corrected chi connectivity index (χ2v) is 5.37. The van der Waals surface area contributed by atoms with E-state index in [2.05, 4.69) is 6.92 Å². The van der Waals surface area contributed by atoms with Gasteiger partial charge in [0.25, 0.3) is 0 Å². The van der Waals surface area contributed by atoms with Gasteiger partial charge in [-0.15, -0.1) is 0 Å². The minimum Gasteiger partial charge on any atom is -0.481 e.